The van der Waals surface area contributed by atoms with Crippen molar-refractivity contribution in [1.82, 2.24) is 0 Å². The minimum atomic E-state index is -1.26. The Morgan fingerprint density at radius 1 is 0.889 bits per heavy atom. The molecule has 0 aliphatic carbocycles. The molecule has 0 radical (unpaired) electrons. The molecule has 1 atom stereocenters. The summed E-state index contributed by atoms with van der Waals surface area (Å²) in [6.07, 6.45) is 1.53. The summed E-state index contributed by atoms with van der Waals surface area (Å²) in [6, 6.07) is 27.7. The topological polar surface area (TPSA) is 60.8 Å². The molecule has 3 aromatic carbocycles. The Hall–Kier alpha value is -2.41. The fraction of sp³-hybridized carbons (Fsp3) is 0.0952. The summed E-state index contributed by atoms with van der Waals surface area (Å²) in [6.45, 7) is 0. The first-order valence-corrected chi connectivity index (χ1v) is 10.4. The molecule has 0 aromatic heterocycles. The van der Waals surface area contributed by atoms with Crippen LogP contribution in [0.2, 0.25) is 0 Å². The minimum absolute atomic E-state index is 0.889. The Labute approximate surface area is 166 Å². The van der Waals surface area contributed by atoms with Crippen molar-refractivity contribution >= 4 is 46.6 Å². The predicted molar refractivity (Wildman–Crippen MR) is 112 cm³/mol. The van der Waals surface area contributed by atoms with Crippen molar-refractivity contribution in [2.45, 2.75) is 15.2 Å². The maximum absolute atomic E-state index is 9.66. The summed E-state index contributed by atoms with van der Waals surface area (Å²) in [5.41, 5.74) is 2.44. The van der Waals surface area contributed by atoms with E-state index in [-0.39, 0.29) is 0 Å². The Morgan fingerprint density at radius 3 is 1.81 bits per heavy atom. The van der Waals surface area contributed by atoms with E-state index < -0.39 is 11.4 Å². The van der Waals surface area contributed by atoms with Gasteiger partial charge in [-0.3, -0.25) is 0 Å². The molecule has 0 amide bonds. The number of carbonyl (C=O) groups is 1. The van der Waals surface area contributed by atoms with Crippen molar-refractivity contribution in [3.8, 4) is 0 Å². The molecule has 27 heavy (non-hydrogen) atoms. The van der Waals surface area contributed by atoms with Gasteiger partial charge in [-0.2, -0.15) is 0 Å². The van der Waals surface area contributed by atoms with Gasteiger partial charge in [0, 0.05) is 15.5 Å². The van der Waals surface area contributed by atoms with Crippen LogP contribution in [0.15, 0.2) is 88.7 Å². The van der Waals surface area contributed by atoms with Gasteiger partial charge in [-0.25, -0.2) is 4.79 Å². The van der Waals surface area contributed by atoms with Gasteiger partial charge in [0.1, 0.15) is 0 Å². The van der Waals surface area contributed by atoms with Crippen molar-refractivity contribution in [3.63, 3.8) is 0 Å². The van der Waals surface area contributed by atoms with Gasteiger partial charge < -0.3 is 15.1 Å². The largest absolute Gasteiger partial charge is 0.479 e. The fourth-order valence-corrected chi connectivity index (χ4v) is 3.92. The Bertz CT molecular complexity index is 873. The standard InChI is InChI=1S/C18H13NS.C3H6O3S/c1-2-8-14(9-3-1)19-15-10-4-6-12-17(15)20-18-13-7-5-11-16(18)19;1-7-3(6)2(4)5/h1-13H;3,6H,1H3,(H,4,5). The van der Waals surface area contributed by atoms with E-state index in [0.717, 1.165) is 11.8 Å². The first-order valence-electron chi connectivity index (χ1n) is 8.26. The number of aliphatic hydroxyl groups excluding tert-OH is 1. The molecule has 4 nitrogen and oxygen atoms in total. The van der Waals surface area contributed by atoms with E-state index in [1.54, 1.807) is 0 Å². The van der Waals surface area contributed by atoms with E-state index in [1.807, 2.05) is 11.8 Å². The lowest BCUT2D eigenvalue weighted by molar-refractivity contribution is -0.141. The number of fused-ring (bicyclic) bond motifs is 2. The van der Waals surface area contributed by atoms with Crippen LogP contribution in [0.3, 0.4) is 0 Å². The van der Waals surface area contributed by atoms with Crippen LogP contribution in [0.1, 0.15) is 0 Å². The average molecular weight is 398 g/mol. The van der Waals surface area contributed by atoms with Gasteiger partial charge in [0.2, 0.25) is 0 Å². The monoisotopic (exact) mass is 397 g/mol. The van der Waals surface area contributed by atoms with Gasteiger partial charge in [-0.15, -0.1) is 11.8 Å². The number of hydrogen-bond donors (Lipinski definition) is 2. The molecule has 4 rings (SSSR count). The number of hydrogen-bond acceptors (Lipinski definition) is 5. The number of anilines is 3. The van der Waals surface area contributed by atoms with E-state index in [2.05, 4.69) is 83.8 Å². The third-order valence-corrected chi connectivity index (χ3v) is 5.66. The average Bonchev–Trinajstić information content (AvgIpc) is 2.72. The zero-order valence-electron chi connectivity index (χ0n) is 14.6. The van der Waals surface area contributed by atoms with Gasteiger partial charge in [0.15, 0.2) is 5.44 Å². The number of carboxylic acid groups (broad SMARTS) is 1. The summed E-state index contributed by atoms with van der Waals surface area (Å²) in [5, 5.41) is 16.2. The molecule has 0 spiro atoms. The lowest BCUT2D eigenvalue weighted by Crippen LogP contribution is -2.14. The zero-order valence-corrected chi connectivity index (χ0v) is 16.3. The lowest BCUT2D eigenvalue weighted by atomic mass is 10.2. The second-order valence-electron chi connectivity index (χ2n) is 5.63. The van der Waals surface area contributed by atoms with Gasteiger partial charge >= 0.3 is 5.97 Å². The van der Waals surface area contributed by atoms with Crippen LogP contribution < -0.4 is 4.90 Å². The second-order valence-corrected chi connectivity index (χ2v) is 7.64. The highest BCUT2D eigenvalue weighted by Gasteiger charge is 2.23. The number of para-hydroxylation sites is 3. The van der Waals surface area contributed by atoms with Gasteiger partial charge in [0.25, 0.3) is 0 Å². The first-order chi connectivity index (χ1) is 13.1. The lowest BCUT2D eigenvalue weighted by Gasteiger charge is -2.32. The summed E-state index contributed by atoms with van der Waals surface area (Å²) < 4.78 is 0. The molecule has 1 heterocycles. The highest BCUT2D eigenvalue weighted by Crippen LogP contribution is 2.50. The number of benzene rings is 3. The highest BCUT2D eigenvalue weighted by atomic mass is 32.2. The molecule has 0 saturated carbocycles. The molecular weight excluding hydrogens is 378 g/mol. The van der Waals surface area contributed by atoms with Crippen molar-refractivity contribution in [2.24, 2.45) is 0 Å². The zero-order chi connectivity index (χ0) is 19.2. The molecule has 0 fully saturated rings. The van der Waals surface area contributed by atoms with Crippen LogP contribution in [0.4, 0.5) is 17.1 Å². The molecule has 0 bridgehead atoms. The molecule has 138 valence electrons. The van der Waals surface area contributed by atoms with Gasteiger partial charge in [-0.1, -0.05) is 54.2 Å². The van der Waals surface area contributed by atoms with Gasteiger partial charge in [0.05, 0.1) is 11.4 Å². The molecule has 1 aliphatic rings. The van der Waals surface area contributed by atoms with Crippen LogP contribution in [0.5, 0.6) is 0 Å². The summed E-state index contributed by atoms with van der Waals surface area (Å²) in [5.74, 6) is -1.19. The quantitative estimate of drug-likeness (QED) is 0.453. The Kier molecular flexibility index (Phi) is 6.45. The summed E-state index contributed by atoms with van der Waals surface area (Å²) in [7, 11) is 0. The third kappa shape index (κ3) is 4.47. The molecule has 6 heteroatoms. The fourth-order valence-electron chi connectivity index (χ4n) is 2.66. The SMILES string of the molecule is CSC(O)C(=O)O.c1ccc(N2c3ccccc3Sc3ccccc32)cc1. The molecule has 1 aliphatic heterocycles. The van der Waals surface area contributed by atoms with E-state index in [4.69, 9.17) is 10.2 Å². The van der Waals surface area contributed by atoms with Gasteiger partial charge in [-0.05, 0) is 42.7 Å². The smallest absolute Gasteiger partial charge is 0.343 e. The number of thioether (sulfide) groups is 1. The highest BCUT2D eigenvalue weighted by molar-refractivity contribution is 8.00. The van der Waals surface area contributed by atoms with E-state index in [0.29, 0.717) is 0 Å². The molecule has 3 aromatic rings. The second kappa shape index (κ2) is 8.99. The van der Waals surface area contributed by atoms with Crippen molar-refractivity contribution in [2.75, 3.05) is 11.2 Å². The first kappa shape index (κ1) is 19.4. The van der Waals surface area contributed by atoms with Crippen LogP contribution >= 0.6 is 23.5 Å². The minimum Gasteiger partial charge on any atom is -0.479 e. The Morgan fingerprint density at radius 2 is 1.37 bits per heavy atom. The number of aliphatic hydroxyl groups is 1. The molecular formula is C21H19NO3S2. The van der Waals surface area contributed by atoms with Crippen LogP contribution in [0.25, 0.3) is 0 Å². The third-order valence-electron chi connectivity index (χ3n) is 3.88. The summed E-state index contributed by atoms with van der Waals surface area (Å²) >= 11 is 2.73. The number of carboxylic acids is 1. The number of nitrogens with zero attached hydrogens (tertiary/aromatic N) is 1. The number of aliphatic carboxylic acids is 1. The van der Waals surface area contributed by atoms with E-state index in [9.17, 15) is 4.79 Å². The van der Waals surface area contributed by atoms with E-state index >= 15 is 0 Å². The van der Waals surface area contributed by atoms with Crippen LogP contribution in [-0.4, -0.2) is 27.9 Å². The maximum atomic E-state index is 9.66. The molecule has 2 N–H and O–H groups in total. The van der Waals surface area contributed by atoms with Crippen LogP contribution in [-0.2, 0) is 4.79 Å². The summed E-state index contributed by atoms with van der Waals surface area (Å²) in [4.78, 5) is 14.6. The van der Waals surface area contributed by atoms with Crippen molar-refractivity contribution < 1.29 is 15.0 Å². The Balaban J connectivity index is 0.000000260. The molecule has 0 saturated heterocycles. The normalized spacial score (nSPS) is 12.9. The predicted octanol–water partition coefficient (Wildman–Crippen LogP) is 5.37. The van der Waals surface area contributed by atoms with Crippen molar-refractivity contribution in [3.05, 3.63) is 78.9 Å². The molecule has 1 unspecified atom stereocenters. The van der Waals surface area contributed by atoms with Crippen molar-refractivity contribution in [1.29, 1.82) is 0 Å². The number of rotatable bonds is 3. The maximum Gasteiger partial charge on any atom is 0.343 e. The van der Waals surface area contributed by atoms with E-state index in [1.165, 1.54) is 33.1 Å². The van der Waals surface area contributed by atoms with Crippen LogP contribution in [0, 0.1) is 0 Å².